The summed E-state index contributed by atoms with van der Waals surface area (Å²) in [6.07, 6.45) is 3.58. The van der Waals surface area contributed by atoms with Crippen LogP contribution < -0.4 is 10.6 Å². The Morgan fingerprint density at radius 1 is 1.25 bits per heavy atom. The minimum atomic E-state index is -0.197. The Hall–Kier alpha value is -1.81. The monoisotopic (exact) mass is 274 g/mol. The van der Waals surface area contributed by atoms with Crippen LogP contribution in [0, 0.1) is 0 Å². The molecule has 2 N–H and O–H groups in total. The molecule has 0 bridgehead atoms. The Kier molecular flexibility index (Phi) is 5.18. The smallest absolute Gasteiger partial charge is 0.323 e. The third kappa shape index (κ3) is 4.10. The molecule has 0 unspecified atom stereocenters. The van der Waals surface area contributed by atoms with Gasteiger partial charge in [-0.2, -0.15) is 0 Å². The van der Waals surface area contributed by atoms with Crippen LogP contribution in [0.5, 0.6) is 0 Å². The molecule has 4 heteroatoms. The Morgan fingerprint density at radius 3 is 2.65 bits per heavy atom. The van der Waals surface area contributed by atoms with Crippen molar-refractivity contribution in [2.75, 3.05) is 18.5 Å². The standard InChI is InChI=1S/C16H22N2O2/c1-12(2)14-5-3-4-6-15(14)18-16(19)17-11-13-7-9-20-10-8-13/h3-6,11-12H,7-10H2,1-2H3,(H2,17,18,19). The molecule has 0 aliphatic carbocycles. The van der Waals surface area contributed by atoms with Gasteiger partial charge in [-0.15, -0.1) is 0 Å². The molecule has 1 aromatic carbocycles. The fourth-order valence-electron chi connectivity index (χ4n) is 2.22. The van der Waals surface area contributed by atoms with Gasteiger partial charge in [0.2, 0.25) is 0 Å². The number of para-hydroxylation sites is 1. The van der Waals surface area contributed by atoms with Crippen molar-refractivity contribution in [2.24, 2.45) is 0 Å². The highest BCUT2D eigenvalue weighted by Gasteiger charge is 2.09. The van der Waals surface area contributed by atoms with E-state index in [1.54, 1.807) is 6.20 Å². The number of anilines is 1. The van der Waals surface area contributed by atoms with Crippen LogP contribution in [0.25, 0.3) is 0 Å². The summed E-state index contributed by atoms with van der Waals surface area (Å²) in [4.78, 5) is 11.9. The lowest BCUT2D eigenvalue weighted by Gasteiger charge is -2.16. The fraction of sp³-hybridized carbons (Fsp3) is 0.438. The van der Waals surface area contributed by atoms with Crippen molar-refractivity contribution in [2.45, 2.75) is 32.6 Å². The lowest BCUT2D eigenvalue weighted by Crippen LogP contribution is -2.25. The summed E-state index contributed by atoms with van der Waals surface area (Å²) >= 11 is 0. The maximum absolute atomic E-state index is 11.9. The van der Waals surface area contributed by atoms with Gasteiger partial charge in [-0.25, -0.2) is 4.79 Å². The van der Waals surface area contributed by atoms with Crippen molar-refractivity contribution < 1.29 is 9.53 Å². The van der Waals surface area contributed by atoms with Crippen LogP contribution in [-0.4, -0.2) is 19.2 Å². The molecular formula is C16H22N2O2. The lowest BCUT2D eigenvalue weighted by molar-refractivity contribution is 0.119. The van der Waals surface area contributed by atoms with E-state index in [4.69, 9.17) is 4.74 Å². The van der Waals surface area contributed by atoms with Crippen molar-refractivity contribution in [1.82, 2.24) is 5.32 Å². The van der Waals surface area contributed by atoms with Crippen molar-refractivity contribution in [1.29, 1.82) is 0 Å². The lowest BCUT2D eigenvalue weighted by atomic mass is 10.0. The number of hydrogen-bond acceptors (Lipinski definition) is 2. The minimum absolute atomic E-state index is 0.197. The summed E-state index contributed by atoms with van der Waals surface area (Å²) in [5.41, 5.74) is 3.23. The molecule has 0 aromatic heterocycles. The molecule has 0 saturated carbocycles. The average Bonchev–Trinajstić information content (AvgIpc) is 2.46. The number of urea groups is 1. The molecule has 108 valence electrons. The summed E-state index contributed by atoms with van der Waals surface area (Å²) in [6.45, 7) is 5.71. The van der Waals surface area contributed by atoms with Crippen LogP contribution in [0.3, 0.4) is 0 Å². The van der Waals surface area contributed by atoms with Crippen LogP contribution in [-0.2, 0) is 4.74 Å². The Morgan fingerprint density at radius 2 is 1.95 bits per heavy atom. The number of rotatable bonds is 3. The molecule has 1 fully saturated rings. The fourth-order valence-corrected chi connectivity index (χ4v) is 2.22. The molecule has 1 aromatic rings. The zero-order valence-electron chi connectivity index (χ0n) is 12.1. The second kappa shape index (κ2) is 7.10. The molecule has 0 spiro atoms. The van der Waals surface area contributed by atoms with E-state index in [0.29, 0.717) is 5.92 Å². The van der Waals surface area contributed by atoms with Crippen molar-refractivity contribution in [3.05, 3.63) is 41.6 Å². The molecule has 1 aliphatic rings. The predicted octanol–water partition coefficient (Wildman–Crippen LogP) is 3.63. The highest BCUT2D eigenvalue weighted by molar-refractivity contribution is 5.90. The van der Waals surface area contributed by atoms with E-state index in [2.05, 4.69) is 24.5 Å². The maximum atomic E-state index is 11.9. The van der Waals surface area contributed by atoms with Crippen LogP contribution >= 0.6 is 0 Å². The normalized spacial score (nSPS) is 15.1. The van der Waals surface area contributed by atoms with Gasteiger partial charge in [-0.1, -0.05) is 32.0 Å². The first-order valence-electron chi connectivity index (χ1n) is 7.09. The number of nitrogens with one attached hydrogen (secondary N) is 2. The summed E-state index contributed by atoms with van der Waals surface area (Å²) in [5.74, 6) is 0.375. The molecule has 4 nitrogen and oxygen atoms in total. The first-order chi connectivity index (χ1) is 9.66. The van der Waals surface area contributed by atoms with E-state index in [0.717, 1.165) is 37.3 Å². The highest BCUT2D eigenvalue weighted by Crippen LogP contribution is 2.23. The number of amides is 2. The SMILES string of the molecule is CC(C)c1ccccc1NC(=O)NC=C1CCOCC1. The second-order valence-electron chi connectivity index (χ2n) is 5.26. The quantitative estimate of drug-likeness (QED) is 0.884. The van der Waals surface area contributed by atoms with Gasteiger partial charge in [0.1, 0.15) is 0 Å². The van der Waals surface area contributed by atoms with Gasteiger partial charge in [0, 0.05) is 11.9 Å². The minimum Gasteiger partial charge on any atom is -0.381 e. The Bertz CT molecular complexity index is 487. The van der Waals surface area contributed by atoms with Gasteiger partial charge in [0.25, 0.3) is 0 Å². The number of hydrogen-bond donors (Lipinski definition) is 2. The van der Waals surface area contributed by atoms with Crippen molar-refractivity contribution in [3.63, 3.8) is 0 Å². The zero-order chi connectivity index (χ0) is 14.4. The van der Waals surface area contributed by atoms with Crippen LogP contribution in [0.1, 0.15) is 38.2 Å². The molecule has 2 rings (SSSR count). The average molecular weight is 274 g/mol. The second-order valence-corrected chi connectivity index (χ2v) is 5.26. The van der Waals surface area contributed by atoms with E-state index in [-0.39, 0.29) is 6.03 Å². The van der Waals surface area contributed by atoms with Gasteiger partial charge in [0.05, 0.1) is 13.2 Å². The molecule has 0 atom stereocenters. The first-order valence-corrected chi connectivity index (χ1v) is 7.09. The predicted molar refractivity (Wildman–Crippen MR) is 80.8 cm³/mol. The number of ether oxygens (including phenoxy) is 1. The maximum Gasteiger partial charge on any atom is 0.323 e. The van der Waals surface area contributed by atoms with E-state index in [1.807, 2.05) is 24.3 Å². The largest absolute Gasteiger partial charge is 0.381 e. The Balaban J connectivity index is 1.94. The van der Waals surface area contributed by atoms with Crippen molar-refractivity contribution in [3.8, 4) is 0 Å². The summed E-state index contributed by atoms with van der Waals surface area (Å²) in [7, 11) is 0. The van der Waals surface area contributed by atoms with E-state index in [9.17, 15) is 4.79 Å². The molecule has 2 amide bonds. The van der Waals surface area contributed by atoms with Crippen LogP contribution in [0.2, 0.25) is 0 Å². The molecule has 1 heterocycles. The van der Waals surface area contributed by atoms with Gasteiger partial charge >= 0.3 is 6.03 Å². The molecule has 20 heavy (non-hydrogen) atoms. The third-order valence-electron chi connectivity index (χ3n) is 3.37. The third-order valence-corrected chi connectivity index (χ3v) is 3.37. The number of carbonyl (C=O) groups excluding carboxylic acids is 1. The van der Waals surface area contributed by atoms with Crippen LogP contribution in [0.4, 0.5) is 10.5 Å². The molecule has 0 radical (unpaired) electrons. The van der Waals surface area contributed by atoms with E-state index < -0.39 is 0 Å². The molecular weight excluding hydrogens is 252 g/mol. The first kappa shape index (κ1) is 14.6. The highest BCUT2D eigenvalue weighted by atomic mass is 16.5. The molecule has 1 saturated heterocycles. The summed E-state index contributed by atoms with van der Waals surface area (Å²) in [6, 6.07) is 7.69. The number of benzene rings is 1. The van der Waals surface area contributed by atoms with Gasteiger partial charge < -0.3 is 15.4 Å². The summed E-state index contributed by atoms with van der Waals surface area (Å²) in [5, 5.41) is 5.70. The summed E-state index contributed by atoms with van der Waals surface area (Å²) < 4.78 is 5.28. The Labute approximate surface area is 120 Å². The number of carbonyl (C=O) groups is 1. The van der Waals surface area contributed by atoms with Gasteiger partial charge in [0.15, 0.2) is 0 Å². The zero-order valence-corrected chi connectivity index (χ0v) is 12.1. The van der Waals surface area contributed by atoms with E-state index in [1.165, 1.54) is 5.57 Å². The van der Waals surface area contributed by atoms with Crippen molar-refractivity contribution >= 4 is 11.7 Å². The van der Waals surface area contributed by atoms with Gasteiger partial charge in [-0.05, 0) is 36.0 Å². The topological polar surface area (TPSA) is 50.4 Å². The van der Waals surface area contributed by atoms with Crippen LogP contribution in [0.15, 0.2) is 36.0 Å². The molecule has 1 aliphatic heterocycles. The van der Waals surface area contributed by atoms with E-state index >= 15 is 0 Å². The van der Waals surface area contributed by atoms with Gasteiger partial charge in [-0.3, -0.25) is 0 Å².